The van der Waals surface area contributed by atoms with E-state index < -0.39 is 24.3 Å². The molecule has 1 heterocycles. The smallest absolute Gasteiger partial charge is 0.338 e. The Bertz CT molecular complexity index is 247. The zero-order valence-corrected chi connectivity index (χ0v) is 11.8. The van der Waals surface area contributed by atoms with Gasteiger partial charge < -0.3 is 14.9 Å². The van der Waals surface area contributed by atoms with Crippen LogP contribution in [0, 0.1) is 0 Å². The number of rotatable bonds is 9. The summed E-state index contributed by atoms with van der Waals surface area (Å²) < 4.78 is 4.89. The zero-order chi connectivity index (χ0) is 13.4. The molecule has 0 unspecified atom stereocenters. The summed E-state index contributed by atoms with van der Waals surface area (Å²) in [6.45, 7) is 2.21. The van der Waals surface area contributed by atoms with Gasteiger partial charge in [0, 0.05) is 5.75 Å². The molecule has 106 valence electrons. The number of carbonyl (C=O) groups is 1. The topological polar surface area (TPSA) is 66.8 Å². The van der Waals surface area contributed by atoms with Crippen molar-refractivity contribution in [3.05, 3.63) is 0 Å². The van der Waals surface area contributed by atoms with Crippen molar-refractivity contribution in [3.63, 3.8) is 0 Å². The molecule has 1 saturated heterocycles. The van der Waals surface area contributed by atoms with Gasteiger partial charge in [-0.25, -0.2) is 4.79 Å². The van der Waals surface area contributed by atoms with Gasteiger partial charge in [0.1, 0.15) is 12.2 Å². The lowest BCUT2D eigenvalue weighted by Crippen LogP contribution is -2.32. The Kier molecular flexibility index (Phi) is 7.70. The van der Waals surface area contributed by atoms with Crippen LogP contribution in [0.25, 0.3) is 0 Å². The lowest BCUT2D eigenvalue weighted by atomic mass is 10.1. The number of esters is 1. The van der Waals surface area contributed by atoms with E-state index in [1.807, 2.05) is 0 Å². The van der Waals surface area contributed by atoms with E-state index in [-0.39, 0.29) is 0 Å². The molecule has 0 aromatic rings. The first-order valence-corrected chi connectivity index (χ1v) is 7.96. The van der Waals surface area contributed by atoms with Crippen LogP contribution < -0.4 is 0 Å². The zero-order valence-electron chi connectivity index (χ0n) is 11.0. The molecule has 0 aliphatic carbocycles. The molecule has 3 atom stereocenters. The summed E-state index contributed by atoms with van der Waals surface area (Å²) >= 11 is 1.67. The van der Waals surface area contributed by atoms with E-state index >= 15 is 0 Å². The fourth-order valence-electron chi connectivity index (χ4n) is 1.95. The molecule has 4 nitrogen and oxygen atoms in total. The molecule has 5 heteroatoms. The molecular weight excluding hydrogens is 252 g/mol. The number of hydrogen-bond acceptors (Lipinski definition) is 5. The van der Waals surface area contributed by atoms with Crippen LogP contribution in [0.2, 0.25) is 0 Å². The molecule has 1 fully saturated rings. The fraction of sp³-hybridized carbons (Fsp3) is 0.923. The van der Waals surface area contributed by atoms with E-state index in [2.05, 4.69) is 6.92 Å². The van der Waals surface area contributed by atoms with E-state index in [1.165, 1.54) is 32.1 Å². The van der Waals surface area contributed by atoms with Gasteiger partial charge in [-0.2, -0.15) is 11.8 Å². The predicted octanol–water partition coefficient (Wildman–Crippen LogP) is 1.73. The van der Waals surface area contributed by atoms with E-state index in [9.17, 15) is 15.0 Å². The SMILES string of the molecule is CCCCCCCCSC[C@H]1OC(=O)[C@H](O)[C@@H]1O. The minimum absolute atomic E-state index is 0.544. The van der Waals surface area contributed by atoms with Crippen molar-refractivity contribution in [2.24, 2.45) is 0 Å². The van der Waals surface area contributed by atoms with Gasteiger partial charge in [-0.15, -0.1) is 0 Å². The number of aliphatic hydroxyl groups excluding tert-OH is 2. The number of carbonyl (C=O) groups excluding carboxylic acids is 1. The summed E-state index contributed by atoms with van der Waals surface area (Å²) in [5, 5.41) is 18.7. The van der Waals surface area contributed by atoms with Crippen LogP contribution in [0.15, 0.2) is 0 Å². The van der Waals surface area contributed by atoms with Crippen LogP contribution in [0.4, 0.5) is 0 Å². The van der Waals surface area contributed by atoms with E-state index in [1.54, 1.807) is 11.8 Å². The van der Waals surface area contributed by atoms with Gasteiger partial charge in [0.05, 0.1) is 0 Å². The van der Waals surface area contributed by atoms with Gasteiger partial charge >= 0.3 is 5.97 Å². The van der Waals surface area contributed by atoms with Crippen molar-refractivity contribution >= 4 is 17.7 Å². The number of cyclic esters (lactones) is 1. The molecule has 18 heavy (non-hydrogen) atoms. The van der Waals surface area contributed by atoms with Crippen molar-refractivity contribution < 1.29 is 19.7 Å². The molecule has 1 aliphatic heterocycles. The quantitative estimate of drug-likeness (QED) is 0.496. The normalized spacial score (nSPS) is 27.5. The van der Waals surface area contributed by atoms with Crippen LogP contribution in [0.1, 0.15) is 45.4 Å². The number of ether oxygens (including phenoxy) is 1. The van der Waals surface area contributed by atoms with Gasteiger partial charge in [0.2, 0.25) is 0 Å². The second-order valence-electron chi connectivity index (χ2n) is 4.75. The Hall–Kier alpha value is -0.260. The standard InChI is InChI=1S/C13H24O4S/c1-2-3-4-5-6-7-8-18-9-10-11(14)12(15)13(16)17-10/h10-12,14-15H,2-9H2,1H3/t10-,11-,12-/m1/s1. The largest absolute Gasteiger partial charge is 0.457 e. The molecule has 1 aliphatic rings. The summed E-state index contributed by atoms with van der Waals surface area (Å²) in [5.41, 5.74) is 0. The van der Waals surface area contributed by atoms with E-state index in [0.29, 0.717) is 5.75 Å². The highest BCUT2D eigenvalue weighted by Gasteiger charge is 2.42. The molecule has 0 saturated carbocycles. The van der Waals surface area contributed by atoms with Gasteiger partial charge in [-0.1, -0.05) is 39.0 Å². The first-order valence-electron chi connectivity index (χ1n) is 6.81. The highest BCUT2D eigenvalue weighted by molar-refractivity contribution is 7.99. The predicted molar refractivity (Wildman–Crippen MR) is 72.6 cm³/mol. The van der Waals surface area contributed by atoms with Crippen molar-refractivity contribution in [3.8, 4) is 0 Å². The Labute approximate surface area is 113 Å². The molecule has 2 N–H and O–H groups in total. The maximum absolute atomic E-state index is 11.0. The minimum atomic E-state index is -1.36. The lowest BCUT2D eigenvalue weighted by Gasteiger charge is -2.12. The Morgan fingerprint density at radius 1 is 1.17 bits per heavy atom. The average molecular weight is 276 g/mol. The van der Waals surface area contributed by atoms with Gasteiger partial charge in [0.15, 0.2) is 6.10 Å². The molecule has 0 radical (unpaired) electrons. The summed E-state index contributed by atoms with van der Waals surface area (Å²) in [7, 11) is 0. The minimum Gasteiger partial charge on any atom is -0.457 e. The molecular formula is C13H24O4S. The van der Waals surface area contributed by atoms with Crippen LogP contribution in [0.3, 0.4) is 0 Å². The van der Waals surface area contributed by atoms with Crippen molar-refractivity contribution in [1.82, 2.24) is 0 Å². The van der Waals surface area contributed by atoms with Crippen molar-refractivity contribution in [2.75, 3.05) is 11.5 Å². The summed E-state index contributed by atoms with van der Waals surface area (Å²) in [4.78, 5) is 11.0. The summed E-state index contributed by atoms with van der Waals surface area (Å²) in [5.74, 6) is 0.884. The first kappa shape index (κ1) is 15.8. The molecule has 0 amide bonds. The molecule has 0 bridgehead atoms. The third kappa shape index (κ3) is 5.16. The van der Waals surface area contributed by atoms with Gasteiger partial charge in [-0.05, 0) is 12.2 Å². The second-order valence-corrected chi connectivity index (χ2v) is 5.90. The van der Waals surface area contributed by atoms with Crippen molar-refractivity contribution in [2.45, 2.75) is 63.8 Å². The van der Waals surface area contributed by atoms with Gasteiger partial charge in [-0.3, -0.25) is 0 Å². The molecule has 1 rings (SSSR count). The molecule has 0 aromatic heterocycles. The second kappa shape index (κ2) is 8.77. The maximum atomic E-state index is 11.0. The van der Waals surface area contributed by atoms with Crippen molar-refractivity contribution in [1.29, 1.82) is 0 Å². The van der Waals surface area contributed by atoms with E-state index in [4.69, 9.17) is 4.74 Å². The third-order valence-corrected chi connectivity index (χ3v) is 4.28. The summed E-state index contributed by atoms with van der Waals surface area (Å²) in [6, 6.07) is 0. The monoisotopic (exact) mass is 276 g/mol. The molecule has 0 spiro atoms. The van der Waals surface area contributed by atoms with Crippen LogP contribution >= 0.6 is 11.8 Å². The fourth-order valence-corrected chi connectivity index (χ4v) is 3.02. The van der Waals surface area contributed by atoms with E-state index in [0.717, 1.165) is 12.2 Å². The number of aliphatic hydroxyl groups is 2. The van der Waals surface area contributed by atoms with Crippen LogP contribution in [0.5, 0.6) is 0 Å². The highest BCUT2D eigenvalue weighted by Crippen LogP contribution is 2.20. The number of unbranched alkanes of at least 4 members (excludes halogenated alkanes) is 5. The number of thioether (sulfide) groups is 1. The number of hydrogen-bond donors (Lipinski definition) is 2. The third-order valence-electron chi connectivity index (χ3n) is 3.14. The average Bonchev–Trinajstić information content (AvgIpc) is 2.60. The molecule has 0 aromatic carbocycles. The summed E-state index contributed by atoms with van der Waals surface area (Å²) in [6.07, 6.45) is 4.62. The Morgan fingerprint density at radius 2 is 1.83 bits per heavy atom. The van der Waals surface area contributed by atoms with Crippen LogP contribution in [-0.4, -0.2) is 46.0 Å². The van der Waals surface area contributed by atoms with Crippen LogP contribution in [-0.2, 0) is 9.53 Å². The highest BCUT2D eigenvalue weighted by atomic mass is 32.2. The van der Waals surface area contributed by atoms with Gasteiger partial charge in [0.25, 0.3) is 0 Å². The maximum Gasteiger partial charge on any atom is 0.338 e. The first-order chi connectivity index (χ1) is 8.66. The Balaban J connectivity index is 1.97. The lowest BCUT2D eigenvalue weighted by molar-refractivity contribution is -0.146. The Morgan fingerprint density at radius 3 is 2.44 bits per heavy atom.